The molecule has 28 heavy (non-hydrogen) atoms. The summed E-state index contributed by atoms with van der Waals surface area (Å²) in [5.41, 5.74) is 0.814. The Bertz CT molecular complexity index is 960. The quantitative estimate of drug-likeness (QED) is 0.788. The summed E-state index contributed by atoms with van der Waals surface area (Å²) >= 11 is 0. The number of nitrogens with one attached hydrogen (secondary N) is 1. The second-order valence-electron chi connectivity index (χ2n) is 7.40. The van der Waals surface area contributed by atoms with E-state index in [2.05, 4.69) is 17.2 Å². The Labute approximate surface area is 166 Å². The molecule has 0 unspecified atom stereocenters. The number of rotatable bonds is 6. The molecule has 1 aromatic carbocycles. The molecular weight excluding hydrogens is 376 g/mol. The largest absolute Gasteiger partial charge is 0.419 e. The fourth-order valence-corrected chi connectivity index (χ4v) is 4.82. The van der Waals surface area contributed by atoms with E-state index in [-0.39, 0.29) is 22.5 Å². The van der Waals surface area contributed by atoms with Crippen LogP contribution in [0, 0.1) is 17.2 Å². The number of piperidine rings is 1. The lowest BCUT2D eigenvalue weighted by Crippen LogP contribution is -2.39. The van der Waals surface area contributed by atoms with Crippen LogP contribution in [0.25, 0.3) is 11.5 Å². The number of oxazole rings is 1. The molecule has 0 saturated carbocycles. The van der Waals surface area contributed by atoms with Gasteiger partial charge >= 0.3 is 0 Å². The molecule has 1 saturated heterocycles. The van der Waals surface area contributed by atoms with Gasteiger partial charge in [-0.05, 0) is 56.4 Å². The highest BCUT2D eigenvalue weighted by molar-refractivity contribution is 7.89. The molecular formula is C20H26N4O3S. The van der Waals surface area contributed by atoms with Crippen LogP contribution >= 0.6 is 0 Å². The Balaban J connectivity index is 1.84. The van der Waals surface area contributed by atoms with Crippen molar-refractivity contribution in [2.24, 2.45) is 5.92 Å². The van der Waals surface area contributed by atoms with Crippen molar-refractivity contribution in [1.82, 2.24) is 9.29 Å². The van der Waals surface area contributed by atoms with Crippen LogP contribution in [-0.4, -0.2) is 36.8 Å². The molecule has 2 aromatic rings. The van der Waals surface area contributed by atoms with E-state index in [1.807, 2.05) is 19.9 Å². The smallest absolute Gasteiger partial charge is 0.243 e. The van der Waals surface area contributed by atoms with E-state index in [0.29, 0.717) is 30.5 Å². The van der Waals surface area contributed by atoms with Gasteiger partial charge in [0.05, 0.1) is 4.90 Å². The van der Waals surface area contributed by atoms with Gasteiger partial charge in [-0.25, -0.2) is 8.42 Å². The molecule has 1 aliphatic rings. The lowest BCUT2D eigenvalue weighted by molar-refractivity contribution is 0.281. The van der Waals surface area contributed by atoms with Gasteiger partial charge in [0.2, 0.25) is 27.5 Å². The lowest BCUT2D eigenvalue weighted by atomic mass is 10.0. The van der Waals surface area contributed by atoms with E-state index < -0.39 is 10.0 Å². The first-order valence-electron chi connectivity index (χ1n) is 9.63. The first kappa shape index (κ1) is 20.4. The van der Waals surface area contributed by atoms with Crippen LogP contribution in [0.1, 0.15) is 45.7 Å². The van der Waals surface area contributed by atoms with Crippen molar-refractivity contribution in [1.29, 1.82) is 5.26 Å². The van der Waals surface area contributed by atoms with Crippen LogP contribution in [0.15, 0.2) is 33.6 Å². The predicted octanol–water partition coefficient (Wildman–Crippen LogP) is 3.84. The molecule has 2 heterocycles. The summed E-state index contributed by atoms with van der Waals surface area (Å²) in [7, 11) is -3.50. The summed E-state index contributed by atoms with van der Waals surface area (Å²) in [6.45, 7) is 7.21. The van der Waals surface area contributed by atoms with Crippen molar-refractivity contribution in [3.05, 3.63) is 30.0 Å². The van der Waals surface area contributed by atoms with E-state index in [4.69, 9.17) is 4.42 Å². The summed E-state index contributed by atoms with van der Waals surface area (Å²) in [5.74, 6) is 1.000. The molecule has 150 valence electrons. The maximum Gasteiger partial charge on any atom is 0.243 e. The zero-order valence-corrected chi connectivity index (χ0v) is 17.3. The maximum atomic E-state index is 12.9. The van der Waals surface area contributed by atoms with E-state index in [1.165, 1.54) is 0 Å². The van der Waals surface area contributed by atoms with Crippen molar-refractivity contribution in [2.45, 2.75) is 51.0 Å². The molecule has 1 fully saturated rings. The third-order valence-electron chi connectivity index (χ3n) is 5.08. The van der Waals surface area contributed by atoms with Crippen molar-refractivity contribution >= 4 is 15.9 Å². The molecule has 2 atom stereocenters. The maximum absolute atomic E-state index is 12.9. The number of benzene rings is 1. The van der Waals surface area contributed by atoms with Crippen molar-refractivity contribution in [3.8, 4) is 17.5 Å². The minimum absolute atomic E-state index is 0.146. The van der Waals surface area contributed by atoms with Gasteiger partial charge in [0.1, 0.15) is 6.07 Å². The fraction of sp³-hybridized carbons (Fsp3) is 0.500. The summed E-state index contributed by atoms with van der Waals surface area (Å²) in [4.78, 5) is 4.49. The number of hydrogen-bond acceptors (Lipinski definition) is 6. The molecule has 7 nitrogen and oxygen atoms in total. The lowest BCUT2D eigenvalue weighted by Gasteiger charge is -2.30. The highest BCUT2D eigenvalue weighted by Gasteiger charge is 2.28. The summed E-state index contributed by atoms with van der Waals surface area (Å²) < 4.78 is 33.0. The number of hydrogen-bond donors (Lipinski definition) is 1. The number of nitrogens with zero attached hydrogens (tertiary/aromatic N) is 3. The minimum Gasteiger partial charge on any atom is -0.419 e. The zero-order valence-electron chi connectivity index (χ0n) is 16.5. The average Bonchev–Trinajstić information content (AvgIpc) is 3.10. The van der Waals surface area contributed by atoms with Crippen LogP contribution in [0.3, 0.4) is 0 Å². The second-order valence-corrected chi connectivity index (χ2v) is 9.33. The average molecular weight is 403 g/mol. The number of aromatic nitrogens is 1. The molecule has 0 radical (unpaired) electrons. The Morgan fingerprint density at radius 2 is 2.11 bits per heavy atom. The highest BCUT2D eigenvalue weighted by atomic mass is 32.2. The van der Waals surface area contributed by atoms with Gasteiger partial charge in [0, 0.05) is 24.7 Å². The van der Waals surface area contributed by atoms with Crippen LogP contribution in [-0.2, 0) is 10.0 Å². The fourth-order valence-electron chi connectivity index (χ4n) is 3.23. The molecule has 1 aliphatic heterocycles. The molecule has 1 N–H and O–H groups in total. The summed E-state index contributed by atoms with van der Waals surface area (Å²) in [5, 5.41) is 12.4. The van der Waals surface area contributed by atoms with Crippen molar-refractivity contribution in [2.75, 3.05) is 18.4 Å². The van der Waals surface area contributed by atoms with Crippen LogP contribution in [0.4, 0.5) is 5.88 Å². The third kappa shape index (κ3) is 4.21. The normalized spacial score (nSPS) is 19.1. The number of nitriles is 1. The number of sulfonamides is 1. The van der Waals surface area contributed by atoms with E-state index in [1.54, 1.807) is 28.6 Å². The minimum atomic E-state index is -3.50. The topological polar surface area (TPSA) is 99.2 Å². The first-order chi connectivity index (χ1) is 13.3. The van der Waals surface area contributed by atoms with Gasteiger partial charge in [-0.2, -0.15) is 14.6 Å². The van der Waals surface area contributed by atoms with E-state index >= 15 is 0 Å². The Kier molecular flexibility index (Phi) is 6.06. The van der Waals surface area contributed by atoms with Gasteiger partial charge < -0.3 is 9.73 Å². The number of anilines is 1. The molecule has 8 heteroatoms. The Hall–Kier alpha value is -2.37. The molecule has 0 spiro atoms. The van der Waals surface area contributed by atoms with Crippen LogP contribution in [0.2, 0.25) is 0 Å². The first-order valence-corrected chi connectivity index (χ1v) is 11.1. The molecule has 3 rings (SSSR count). The molecule has 0 bridgehead atoms. The predicted molar refractivity (Wildman–Crippen MR) is 107 cm³/mol. The zero-order chi connectivity index (χ0) is 20.3. The van der Waals surface area contributed by atoms with Crippen LogP contribution in [0.5, 0.6) is 0 Å². The van der Waals surface area contributed by atoms with Crippen molar-refractivity contribution in [3.63, 3.8) is 0 Å². The van der Waals surface area contributed by atoms with Crippen molar-refractivity contribution < 1.29 is 12.8 Å². The van der Waals surface area contributed by atoms with Crippen LogP contribution < -0.4 is 5.32 Å². The Morgan fingerprint density at radius 3 is 2.71 bits per heavy atom. The second kappa shape index (κ2) is 8.33. The summed E-state index contributed by atoms with van der Waals surface area (Å²) in [6, 6.07) is 8.65. The van der Waals surface area contributed by atoms with Gasteiger partial charge in [-0.1, -0.05) is 13.8 Å². The monoisotopic (exact) mass is 402 g/mol. The van der Waals surface area contributed by atoms with Gasteiger partial charge in [0.15, 0.2) is 0 Å². The molecule has 0 amide bonds. The summed E-state index contributed by atoms with van der Waals surface area (Å²) in [6.07, 6.45) is 2.82. The SMILES string of the molecule is CC[C@@H](C)Nc1oc(-c2ccc(S(=O)(=O)N3CCC[C@@H](C)C3)cc2)nc1C#N. The highest BCUT2D eigenvalue weighted by Crippen LogP contribution is 2.28. The van der Waals surface area contributed by atoms with Gasteiger partial charge in [-0.15, -0.1) is 0 Å². The van der Waals surface area contributed by atoms with Gasteiger partial charge in [-0.3, -0.25) is 0 Å². The standard InChI is InChI=1S/C20H26N4O3S/c1-4-15(3)22-20-18(12-21)23-19(27-20)16-7-9-17(10-8-16)28(25,26)24-11-5-6-14(2)13-24/h7-10,14-15,22H,4-6,11,13H2,1-3H3/t14-,15-/m1/s1. The third-order valence-corrected chi connectivity index (χ3v) is 6.96. The van der Waals surface area contributed by atoms with E-state index in [9.17, 15) is 13.7 Å². The molecule has 0 aliphatic carbocycles. The molecule has 1 aromatic heterocycles. The van der Waals surface area contributed by atoms with E-state index in [0.717, 1.165) is 19.3 Å². The Morgan fingerprint density at radius 1 is 1.39 bits per heavy atom. The van der Waals surface area contributed by atoms with Gasteiger partial charge in [0.25, 0.3) is 0 Å².